The van der Waals surface area contributed by atoms with Gasteiger partial charge in [-0.2, -0.15) is 0 Å². The highest BCUT2D eigenvalue weighted by Gasteiger charge is 2.23. The second-order valence-corrected chi connectivity index (χ2v) is 5.72. The molecule has 1 heterocycles. The molecule has 5 nitrogen and oxygen atoms in total. The van der Waals surface area contributed by atoms with Crippen molar-refractivity contribution in [2.24, 2.45) is 0 Å². The molecule has 1 saturated heterocycles. The van der Waals surface area contributed by atoms with E-state index in [1.54, 1.807) is 12.1 Å². The molecule has 1 atom stereocenters. The standard InChI is InChI=1S/C16H25N3O2/c1-18-10-3-4-14(18)12-19(2)16(20)9-11-21-15-7-5-13(17)6-8-15/h5-8,14H,3-4,9-12,17H2,1-2H3. The van der Waals surface area contributed by atoms with Gasteiger partial charge in [0.25, 0.3) is 0 Å². The molecule has 1 amide bonds. The zero-order valence-corrected chi connectivity index (χ0v) is 12.9. The lowest BCUT2D eigenvalue weighted by atomic mass is 10.2. The predicted octanol–water partition coefficient (Wildman–Crippen LogP) is 1.59. The Balaban J connectivity index is 1.70. The number of anilines is 1. The molecule has 0 radical (unpaired) electrons. The van der Waals surface area contributed by atoms with E-state index < -0.39 is 0 Å². The minimum atomic E-state index is 0.130. The summed E-state index contributed by atoms with van der Waals surface area (Å²) in [6.07, 6.45) is 2.80. The summed E-state index contributed by atoms with van der Waals surface area (Å²) in [4.78, 5) is 16.2. The largest absolute Gasteiger partial charge is 0.493 e. The highest BCUT2D eigenvalue weighted by molar-refractivity contribution is 5.76. The molecule has 21 heavy (non-hydrogen) atoms. The fourth-order valence-corrected chi connectivity index (χ4v) is 2.64. The van der Waals surface area contributed by atoms with Crippen molar-refractivity contribution >= 4 is 11.6 Å². The number of amides is 1. The highest BCUT2D eigenvalue weighted by Crippen LogP contribution is 2.16. The van der Waals surface area contributed by atoms with Crippen LogP contribution in [0.25, 0.3) is 0 Å². The average molecular weight is 291 g/mol. The van der Waals surface area contributed by atoms with Crippen LogP contribution >= 0.6 is 0 Å². The molecule has 0 aliphatic carbocycles. The van der Waals surface area contributed by atoms with Crippen molar-refractivity contribution in [3.05, 3.63) is 24.3 Å². The zero-order valence-electron chi connectivity index (χ0n) is 12.9. The topological polar surface area (TPSA) is 58.8 Å². The van der Waals surface area contributed by atoms with E-state index in [1.165, 1.54) is 12.8 Å². The molecule has 1 aliphatic heterocycles. The predicted molar refractivity (Wildman–Crippen MR) is 84.3 cm³/mol. The van der Waals surface area contributed by atoms with Crippen molar-refractivity contribution in [1.29, 1.82) is 0 Å². The molecule has 0 bridgehead atoms. The normalized spacial score (nSPS) is 18.7. The number of nitrogen functional groups attached to an aromatic ring is 1. The summed E-state index contributed by atoms with van der Waals surface area (Å²) in [6, 6.07) is 7.71. The fourth-order valence-electron chi connectivity index (χ4n) is 2.64. The Bertz CT molecular complexity index is 461. The van der Waals surface area contributed by atoms with Crippen LogP contribution in [-0.2, 0) is 4.79 Å². The number of hydrogen-bond acceptors (Lipinski definition) is 4. The van der Waals surface area contributed by atoms with Gasteiger partial charge in [0.15, 0.2) is 0 Å². The molecular formula is C16H25N3O2. The van der Waals surface area contributed by atoms with Gasteiger partial charge in [-0.3, -0.25) is 4.79 Å². The van der Waals surface area contributed by atoms with Gasteiger partial charge in [-0.05, 0) is 50.7 Å². The van der Waals surface area contributed by atoms with E-state index in [-0.39, 0.29) is 5.91 Å². The second kappa shape index (κ2) is 7.31. The van der Waals surface area contributed by atoms with E-state index in [9.17, 15) is 4.79 Å². The molecule has 1 aliphatic rings. The Morgan fingerprint density at radius 2 is 2.14 bits per heavy atom. The summed E-state index contributed by atoms with van der Waals surface area (Å²) >= 11 is 0. The Hall–Kier alpha value is -1.75. The van der Waals surface area contributed by atoms with Crippen LogP contribution in [0, 0.1) is 0 Å². The lowest BCUT2D eigenvalue weighted by Crippen LogP contribution is -2.39. The molecule has 0 saturated carbocycles. The molecule has 116 valence electrons. The van der Waals surface area contributed by atoms with Crippen molar-refractivity contribution in [3.8, 4) is 5.75 Å². The molecule has 1 unspecified atom stereocenters. The van der Waals surface area contributed by atoms with Crippen molar-refractivity contribution in [2.75, 3.05) is 39.5 Å². The Labute approximate surface area is 126 Å². The van der Waals surface area contributed by atoms with E-state index in [0.29, 0.717) is 24.8 Å². The van der Waals surface area contributed by atoms with Gasteiger partial charge in [0.1, 0.15) is 5.75 Å². The van der Waals surface area contributed by atoms with Crippen molar-refractivity contribution in [1.82, 2.24) is 9.80 Å². The van der Waals surface area contributed by atoms with E-state index in [2.05, 4.69) is 11.9 Å². The van der Waals surface area contributed by atoms with Gasteiger partial charge in [0, 0.05) is 25.3 Å². The number of nitrogens with two attached hydrogens (primary N) is 1. The fraction of sp³-hybridized carbons (Fsp3) is 0.562. The lowest BCUT2D eigenvalue weighted by Gasteiger charge is -2.25. The molecular weight excluding hydrogens is 266 g/mol. The summed E-state index contributed by atoms with van der Waals surface area (Å²) in [6.45, 7) is 2.33. The monoisotopic (exact) mass is 291 g/mol. The molecule has 1 fully saturated rings. The lowest BCUT2D eigenvalue weighted by molar-refractivity contribution is -0.131. The molecule has 1 aromatic carbocycles. The van der Waals surface area contributed by atoms with E-state index >= 15 is 0 Å². The summed E-state index contributed by atoms with van der Waals surface area (Å²) in [7, 11) is 4.00. The number of carbonyl (C=O) groups is 1. The van der Waals surface area contributed by atoms with Crippen LogP contribution in [0.1, 0.15) is 19.3 Å². The maximum absolute atomic E-state index is 12.1. The second-order valence-electron chi connectivity index (χ2n) is 5.72. The van der Waals surface area contributed by atoms with Crippen molar-refractivity contribution in [2.45, 2.75) is 25.3 Å². The molecule has 2 rings (SSSR count). The first-order valence-corrected chi connectivity index (χ1v) is 7.49. The molecule has 0 aromatic heterocycles. The highest BCUT2D eigenvalue weighted by atomic mass is 16.5. The minimum absolute atomic E-state index is 0.130. The van der Waals surface area contributed by atoms with Crippen LogP contribution in [0.4, 0.5) is 5.69 Å². The first-order chi connectivity index (χ1) is 10.1. The van der Waals surface area contributed by atoms with Crippen LogP contribution in [0.5, 0.6) is 5.75 Å². The van der Waals surface area contributed by atoms with Gasteiger partial charge in [0.2, 0.25) is 5.91 Å². The first-order valence-electron chi connectivity index (χ1n) is 7.49. The quantitative estimate of drug-likeness (QED) is 0.809. The third kappa shape index (κ3) is 4.63. The maximum atomic E-state index is 12.1. The number of ether oxygens (including phenoxy) is 1. The van der Waals surface area contributed by atoms with Gasteiger partial charge >= 0.3 is 0 Å². The summed E-state index contributed by atoms with van der Waals surface area (Å²) in [5.41, 5.74) is 6.32. The summed E-state index contributed by atoms with van der Waals surface area (Å²) in [5, 5.41) is 0. The Kier molecular flexibility index (Phi) is 5.44. The SMILES string of the molecule is CN(CC1CCCN1C)C(=O)CCOc1ccc(N)cc1. The number of rotatable bonds is 6. The van der Waals surface area contributed by atoms with E-state index in [0.717, 1.165) is 18.8 Å². The number of hydrogen-bond donors (Lipinski definition) is 1. The molecule has 0 spiro atoms. The Morgan fingerprint density at radius 3 is 2.76 bits per heavy atom. The van der Waals surface area contributed by atoms with Gasteiger partial charge in [-0.15, -0.1) is 0 Å². The zero-order chi connectivity index (χ0) is 15.2. The molecule has 1 aromatic rings. The van der Waals surface area contributed by atoms with Gasteiger partial charge in [-0.1, -0.05) is 0 Å². The van der Waals surface area contributed by atoms with Gasteiger partial charge < -0.3 is 20.3 Å². The first kappa shape index (κ1) is 15.6. The Morgan fingerprint density at radius 1 is 1.43 bits per heavy atom. The average Bonchev–Trinajstić information content (AvgIpc) is 2.86. The van der Waals surface area contributed by atoms with Crippen molar-refractivity contribution < 1.29 is 9.53 Å². The summed E-state index contributed by atoms with van der Waals surface area (Å²) < 4.78 is 5.56. The van der Waals surface area contributed by atoms with Crippen molar-refractivity contribution in [3.63, 3.8) is 0 Å². The van der Waals surface area contributed by atoms with Crippen LogP contribution in [0.3, 0.4) is 0 Å². The van der Waals surface area contributed by atoms with Crippen LogP contribution in [0.2, 0.25) is 0 Å². The summed E-state index contributed by atoms with van der Waals surface area (Å²) in [5.74, 6) is 0.876. The third-order valence-electron chi connectivity index (χ3n) is 4.05. The number of likely N-dealkylation sites (tertiary alicyclic amines) is 1. The maximum Gasteiger partial charge on any atom is 0.225 e. The van der Waals surface area contributed by atoms with Crippen LogP contribution in [0.15, 0.2) is 24.3 Å². The van der Waals surface area contributed by atoms with E-state index in [1.807, 2.05) is 24.1 Å². The third-order valence-corrected chi connectivity index (χ3v) is 4.05. The number of likely N-dealkylation sites (N-methyl/N-ethyl adjacent to an activating group) is 2. The van der Waals surface area contributed by atoms with E-state index in [4.69, 9.17) is 10.5 Å². The smallest absolute Gasteiger partial charge is 0.225 e. The van der Waals surface area contributed by atoms with Crippen LogP contribution < -0.4 is 10.5 Å². The van der Waals surface area contributed by atoms with Crippen LogP contribution in [-0.4, -0.2) is 55.5 Å². The number of benzene rings is 1. The van der Waals surface area contributed by atoms with Gasteiger partial charge in [-0.25, -0.2) is 0 Å². The number of nitrogens with zero attached hydrogens (tertiary/aromatic N) is 2. The molecule has 5 heteroatoms. The number of carbonyl (C=O) groups excluding carboxylic acids is 1. The van der Waals surface area contributed by atoms with Gasteiger partial charge in [0.05, 0.1) is 13.0 Å². The molecule has 2 N–H and O–H groups in total. The minimum Gasteiger partial charge on any atom is -0.493 e.